The molecule has 2 N–H and O–H groups in total. The van der Waals surface area contributed by atoms with E-state index in [0.717, 1.165) is 23.3 Å². The lowest BCUT2D eigenvalue weighted by Gasteiger charge is -2.18. The van der Waals surface area contributed by atoms with Crippen LogP contribution < -0.4 is 16.2 Å². The molecule has 1 atom stereocenters. The SMILES string of the molecule is CNC(=O)C(NC(=O)c1cccn(Cc2cccc(C)c2)c1=O)c1ccc(F)c(F)c1. The monoisotopic (exact) mass is 425 g/mol. The lowest BCUT2D eigenvalue weighted by atomic mass is 10.0. The molecule has 31 heavy (non-hydrogen) atoms. The second kappa shape index (κ2) is 9.34. The number of carbonyl (C=O) groups excluding carboxylic acids is 2. The average molecular weight is 425 g/mol. The van der Waals surface area contributed by atoms with Gasteiger partial charge < -0.3 is 15.2 Å². The quantitative estimate of drug-likeness (QED) is 0.637. The Morgan fingerprint density at radius 3 is 2.48 bits per heavy atom. The van der Waals surface area contributed by atoms with Crippen molar-refractivity contribution in [1.82, 2.24) is 15.2 Å². The summed E-state index contributed by atoms with van der Waals surface area (Å²) in [5.74, 6) is -3.67. The first-order valence-electron chi connectivity index (χ1n) is 9.52. The van der Waals surface area contributed by atoms with Gasteiger partial charge in [0, 0.05) is 13.2 Å². The summed E-state index contributed by atoms with van der Waals surface area (Å²) in [6.45, 7) is 2.21. The highest BCUT2D eigenvalue weighted by molar-refractivity contribution is 5.97. The molecule has 0 fully saturated rings. The van der Waals surface area contributed by atoms with Gasteiger partial charge in [-0.3, -0.25) is 14.4 Å². The van der Waals surface area contributed by atoms with Gasteiger partial charge in [-0.15, -0.1) is 0 Å². The molecule has 0 saturated carbocycles. The number of halogens is 2. The van der Waals surface area contributed by atoms with E-state index in [-0.39, 0.29) is 17.7 Å². The summed E-state index contributed by atoms with van der Waals surface area (Å²) in [5.41, 5.74) is 1.26. The van der Waals surface area contributed by atoms with Gasteiger partial charge in [0.25, 0.3) is 11.5 Å². The Kier molecular flexibility index (Phi) is 6.59. The Balaban J connectivity index is 1.89. The third kappa shape index (κ3) is 5.03. The lowest BCUT2D eigenvalue weighted by Crippen LogP contribution is -2.41. The van der Waals surface area contributed by atoms with Gasteiger partial charge in [0.1, 0.15) is 11.6 Å². The van der Waals surface area contributed by atoms with Gasteiger partial charge in [-0.05, 0) is 42.3 Å². The van der Waals surface area contributed by atoms with Gasteiger partial charge in [-0.25, -0.2) is 8.78 Å². The Morgan fingerprint density at radius 1 is 1.03 bits per heavy atom. The van der Waals surface area contributed by atoms with Crippen LogP contribution in [0.4, 0.5) is 8.78 Å². The normalized spacial score (nSPS) is 11.6. The van der Waals surface area contributed by atoms with E-state index >= 15 is 0 Å². The smallest absolute Gasteiger partial charge is 0.263 e. The van der Waals surface area contributed by atoms with Crippen LogP contribution in [0.15, 0.2) is 65.6 Å². The van der Waals surface area contributed by atoms with E-state index in [0.29, 0.717) is 0 Å². The van der Waals surface area contributed by atoms with Crippen LogP contribution in [0.1, 0.15) is 33.1 Å². The van der Waals surface area contributed by atoms with Crippen molar-refractivity contribution in [1.29, 1.82) is 0 Å². The zero-order valence-corrected chi connectivity index (χ0v) is 17.0. The maximum absolute atomic E-state index is 13.6. The molecule has 160 valence electrons. The molecule has 1 heterocycles. The van der Waals surface area contributed by atoms with Crippen molar-refractivity contribution in [3.8, 4) is 0 Å². The van der Waals surface area contributed by atoms with Gasteiger partial charge in [-0.1, -0.05) is 35.9 Å². The van der Waals surface area contributed by atoms with E-state index in [1.54, 1.807) is 12.3 Å². The first-order valence-corrected chi connectivity index (χ1v) is 9.52. The van der Waals surface area contributed by atoms with Crippen LogP contribution in [0.25, 0.3) is 0 Å². The van der Waals surface area contributed by atoms with Crippen LogP contribution >= 0.6 is 0 Å². The van der Waals surface area contributed by atoms with E-state index in [2.05, 4.69) is 10.6 Å². The fourth-order valence-electron chi connectivity index (χ4n) is 3.19. The second-order valence-electron chi connectivity index (χ2n) is 7.04. The summed E-state index contributed by atoms with van der Waals surface area (Å²) in [7, 11) is 1.35. The largest absolute Gasteiger partial charge is 0.357 e. The van der Waals surface area contributed by atoms with E-state index in [9.17, 15) is 23.2 Å². The van der Waals surface area contributed by atoms with Crippen LogP contribution in [0.5, 0.6) is 0 Å². The van der Waals surface area contributed by atoms with E-state index in [1.165, 1.54) is 23.7 Å². The van der Waals surface area contributed by atoms with Gasteiger partial charge in [0.05, 0.1) is 6.54 Å². The predicted molar refractivity (Wildman–Crippen MR) is 112 cm³/mol. The van der Waals surface area contributed by atoms with Crippen molar-refractivity contribution >= 4 is 11.8 Å². The molecule has 0 aliphatic heterocycles. The molecule has 0 radical (unpaired) electrons. The maximum atomic E-state index is 13.6. The summed E-state index contributed by atoms with van der Waals surface area (Å²) < 4.78 is 28.3. The van der Waals surface area contributed by atoms with Crippen LogP contribution in [0.3, 0.4) is 0 Å². The van der Waals surface area contributed by atoms with Crippen LogP contribution in [-0.4, -0.2) is 23.4 Å². The molecule has 8 heteroatoms. The Hall–Kier alpha value is -3.81. The average Bonchev–Trinajstić information content (AvgIpc) is 2.75. The number of rotatable bonds is 6. The minimum Gasteiger partial charge on any atom is -0.357 e. The molecule has 2 amide bonds. The van der Waals surface area contributed by atoms with Gasteiger partial charge >= 0.3 is 0 Å². The number of benzene rings is 2. The molecule has 3 rings (SSSR count). The zero-order valence-electron chi connectivity index (χ0n) is 17.0. The summed E-state index contributed by atoms with van der Waals surface area (Å²) in [4.78, 5) is 37.9. The van der Waals surface area contributed by atoms with Crippen LogP contribution in [0, 0.1) is 18.6 Å². The first kappa shape index (κ1) is 21.9. The lowest BCUT2D eigenvalue weighted by molar-refractivity contribution is -0.122. The molecule has 0 spiro atoms. The highest BCUT2D eigenvalue weighted by atomic mass is 19.2. The topological polar surface area (TPSA) is 80.2 Å². The number of aromatic nitrogens is 1. The summed E-state index contributed by atoms with van der Waals surface area (Å²) in [6, 6.07) is 12.1. The standard InChI is InChI=1S/C23H21F2N3O3/c1-14-5-3-6-15(11-14)13-28-10-4-7-17(23(28)31)21(29)27-20(22(30)26-2)16-8-9-18(24)19(25)12-16/h3-12,20H,13H2,1-2H3,(H,26,30)(H,27,29). The Labute approximate surface area is 177 Å². The molecule has 3 aromatic rings. The van der Waals surface area contributed by atoms with Gasteiger partial charge in [-0.2, -0.15) is 0 Å². The number of aryl methyl sites for hydroxylation is 1. The third-order valence-electron chi connectivity index (χ3n) is 4.76. The molecular weight excluding hydrogens is 404 g/mol. The number of carbonyl (C=O) groups is 2. The Bertz CT molecular complexity index is 1190. The number of nitrogens with zero attached hydrogens (tertiary/aromatic N) is 1. The number of nitrogens with one attached hydrogen (secondary N) is 2. The summed E-state index contributed by atoms with van der Waals surface area (Å²) in [5, 5.41) is 4.80. The van der Waals surface area contributed by atoms with E-state index in [1.807, 2.05) is 31.2 Å². The van der Waals surface area contributed by atoms with Gasteiger partial charge in [0.15, 0.2) is 11.6 Å². The predicted octanol–water partition coefficient (Wildman–Crippen LogP) is 2.70. The van der Waals surface area contributed by atoms with Crippen LogP contribution in [0.2, 0.25) is 0 Å². The number of amides is 2. The zero-order chi connectivity index (χ0) is 22.5. The molecule has 1 unspecified atom stereocenters. The molecule has 0 aliphatic rings. The maximum Gasteiger partial charge on any atom is 0.263 e. The number of hydrogen-bond acceptors (Lipinski definition) is 3. The van der Waals surface area contributed by atoms with Gasteiger partial charge in [0.2, 0.25) is 5.91 Å². The molecule has 0 aliphatic carbocycles. The minimum absolute atomic E-state index is 0.0441. The molecule has 2 aromatic carbocycles. The number of hydrogen-bond donors (Lipinski definition) is 2. The van der Waals surface area contributed by atoms with E-state index in [4.69, 9.17) is 0 Å². The summed E-state index contributed by atoms with van der Waals surface area (Å²) >= 11 is 0. The summed E-state index contributed by atoms with van der Waals surface area (Å²) in [6.07, 6.45) is 1.56. The van der Waals surface area contributed by atoms with Crippen LogP contribution in [-0.2, 0) is 11.3 Å². The van der Waals surface area contributed by atoms with Crippen molar-refractivity contribution in [3.63, 3.8) is 0 Å². The number of pyridine rings is 1. The second-order valence-corrected chi connectivity index (χ2v) is 7.04. The van der Waals surface area contributed by atoms with Crippen molar-refractivity contribution < 1.29 is 18.4 Å². The highest BCUT2D eigenvalue weighted by Crippen LogP contribution is 2.17. The highest BCUT2D eigenvalue weighted by Gasteiger charge is 2.25. The number of likely N-dealkylation sites (N-methyl/N-ethyl adjacent to an activating group) is 1. The Morgan fingerprint density at radius 2 is 1.81 bits per heavy atom. The molecular formula is C23H21F2N3O3. The molecule has 1 aromatic heterocycles. The fraction of sp³-hybridized carbons (Fsp3) is 0.174. The third-order valence-corrected chi connectivity index (χ3v) is 4.76. The fourth-order valence-corrected chi connectivity index (χ4v) is 3.19. The molecule has 6 nitrogen and oxygen atoms in total. The first-order chi connectivity index (χ1) is 14.8. The molecule has 0 bridgehead atoms. The van der Waals surface area contributed by atoms with Crippen molar-refractivity contribution in [3.05, 3.63) is 105 Å². The van der Waals surface area contributed by atoms with E-state index < -0.39 is 35.0 Å². The van der Waals surface area contributed by atoms with Crippen molar-refractivity contribution in [2.24, 2.45) is 0 Å². The minimum atomic E-state index is -1.31. The molecule has 0 saturated heterocycles. The van der Waals surface area contributed by atoms with Crippen molar-refractivity contribution in [2.45, 2.75) is 19.5 Å². The van der Waals surface area contributed by atoms with Crippen molar-refractivity contribution in [2.75, 3.05) is 7.05 Å².